The van der Waals surface area contributed by atoms with Crippen LogP contribution in [0.1, 0.15) is 15.9 Å². The minimum Gasteiger partial charge on any atom is -0.332 e. The lowest BCUT2D eigenvalue weighted by Gasteiger charge is -2.11. The van der Waals surface area contributed by atoms with E-state index in [0.717, 1.165) is 6.07 Å². The predicted octanol–water partition coefficient (Wildman–Crippen LogP) is 3.17. The van der Waals surface area contributed by atoms with E-state index in [1.165, 1.54) is 30.3 Å². The van der Waals surface area contributed by atoms with Crippen LogP contribution in [0.15, 0.2) is 42.5 Å². The highest BCUT2D eigenvalue weighted by Gasteiger charge is 2.14. The van der Waals surface area contributed by atoms with Crippen LogP contribution in [-0.4, -0.2) is 15.9 Å². The number of hydrogen-bond acceptors (Lipinski definition) is 4. The Bertz CT molecular complexity index is 795. The first kappa shape index (κ1) is 16.5. The van der Waals surface area contributed by atoms with Gasteiger partial charge in [-0.15, -0.1) is 0 Å². The molecule has 1 amide bonds. The molecule has 0 atom stereocenters. The Balaban J connectivity index is 2.11. The normalized spacial score (nSPS) is 10.0. The molecule has 0 aliphatic carbocycles. The fourth-order valence-corrected chi connectivity index (χ4v) is 2.03. The molecule has 0 bridgehead atoms. The molecule has 0 aromatic heterocycles. The molecule has 0 aliphatic heterocycles. The van der Waals surface area contributed by atoms with Crippen molar-refractivity contribution in [1.82, 2.24) is 5.32 Å². The number of carbonyl (C=O) groups is 1. The number of nitro benzene ring substituents is 1. The number of halogens is 1. The highest BCUT2D eigenvalue weighted by Crippen LogP contribution is 2.21. The second kappa shape index (κ2) is 6.93. The van der Waals surface area contributed by atoms with E-state index in [2.05, 4.69) is 10.6 Å². The van der Waals surface area contributed by atoms with Gasteiger partial charge < -0.3 is 5.32 Å². The van der Waals surface area contributed by atoms with E-state index in [0.29, 0.717) is 11.3 Å². The van der Waals surface area contributed by atoms with E-state index in [9.17, 15) is 19.3 Å². The van der Waals surface area contributed by atoms with Crippen LogP contribution in [0, 0.1) is 22.9 Å². The van der Waals surface area contributed by atoms with Crippen LogP contribution in [0.3, 0.4) is 0 Å². The van der Waals surface area contributed by atoms with Crippen molar-refractivity contribution in [3.63, 3.8) is 0 Å². The number of non-ortho nitro benzene ring substituents is 1. The zero-order chi connectivity index (χ0) is 17.0. The molecule has 2 rings (SSSR count). The van der Waals surface area contributed by atoms with Crippen molar-refractivity contribution in [3.05, 3.63) is 69.5 Å². The summed E-state index contributed by atoms with van der Waals surface area (Å²) in [5.41, 5.74) is 0.838. The molecule has 6 nitrogen and oxygen atoms in total. The number of nitrogens with one attached hydrogen (secondary N) is 2. The van der Waals surface area contributed by atoms with Crippen molar-refractivity contribution in [1.29, 1.82) is 0 Å². The average Bonchev–Trinajstić information content (AvgIpc) is 2.49. The van der Waals surface area contributed by atoms with Gasteiger partial charge in [-0.25, -0.2) is 4.39 Å². The Morgan fingerprint density at radius 3 is 2.61 bits per heavy atom. The number of rotatable bonds is 3. The molecule has 2 N–H and O–H groups in total. The summed E-state index contributed by atoms with van der Waals surface area (Å²) in [5, 5.41) is 15.7. The largest absolute Gasteiger partial charge is 0.332 e. The van der Waals surface area contributed by atoms with Gasteiger partial charge in [0, 0.05) is 17.8 Å². The van der Waals surface area contributed by atoms with E-state index in [1.54, 1.807) is 13.0 Å². The van der Waals surface area contributed by atoms with Gasteiger partial charge in [-0.2, -0.15) is 0 Å². The Labute approximate surface area is 136 Å². The van der Waals surface area contributed by atoms with Crippen molar-refractivity contribution >= 4 is 34.6 Å². The number of anilines is 1. The molecule has 23 heavy (non-hydrogen) atoms. The Hall–Kier alpha value is -2.87. The molecule has 8 heteroatoms. The first-order valence-corrected chi connectivity index (χ1v) is 6.91. The maximum absolute atomic E-state index is 13.5. The highest BCUT2D eigenvalue weighted by atomic mass is 32.1. The molecule has 118 valence electrons. The minimum atomic E-state index is -0.705. The summed E-state index contributed by atoms with van der Waals surface area (Å²) in [6, 6.07) is 9.70. The van der Waals surface area contributed by atoms with Crippen LogP contribution in [0.4, 0.5) is 15.8 Å². The van der Waals surface area contributed by atoms with E-state index >= 15 is 0 Å². The fraction of sp³-hybridized carbons (Fsp3) is 0.0667. The molecule has 0 saturated heterocycles. The molecule has 2 aromatic carbocycles. The third kappa shape index (κ3) is 4.07. The molecule has 2 aromatic rings. The maximum atomic E-state index is 13.5. The number of nitro groups is 1. The fourth-order valence-electron chi connectivity index (χ4n) is 1.83. The van der Waals surface area contributed by atoms with Crippen LogP contribution in [-0.2, 0) is 0 Å². The standard InChI is InChI=1S/C15H12FN3O3S/c1-9-6-7-10(19(21)22)8-13(9)17-15(23)18-14(20)11-4-2-3-5-12(11)16/h2-8H,1H3,(H2,17,18,20,23). The van der Waals surface area contributed by atoms with Crippen LogP contribution in [0.5, 0.6) is 0 Å². The van der Waals surface area contributed by atoms with E-state index in [4.69, 9.17) is 12.2 Å². The second-order valence-corrected chi connectivity index (χ2v) is 5.05. The minimum absolute atomic E-state index is 0.0816. The predicted molar refractivity (Wildman–Crippen MR) is 87.9 cm³/mol. The van der Waals surface area contributed by atoms with Gasteiger partial charge in [-0.1, -0.05) is 18.2 Å². The molecular weight excluding hydrogens is 321 g/mol. The Morgan fingerprint density at radius 2 is 1.96 bits per heavy atom. The lowest BCUT2D eigenvalue weighted by molar-refractivity contribution is -0.384. The number of nitrogens with zero attached hydrogens (tertiary/aromatic N) is 1. The smallest absolute Gasteiger partial charge is 0.271 e. The van der Waals surface area contributed by atoms with Gasteiger partial charge in [-0.3, -0.25) is 20.2 Å². The van der Waals surface area contributed by atoms with E-state index in [-0.39, 0.29) is 16.4 Å². The molecular formula is C15H12FN3O3S. The second-order valence-electron chi connectivity index (χ2n) is 4.64. The molecule has 0 radical (unpaired) electrons. The molecule has 0 spiro atoms. The van der Waals surface area contributed by atoms with Crippen LogP contribution >= 0.6 is 12.2 Å². The SMILES string of the molecule is Cc1ccc([N+](=O)[O-])cc1NC(=S)NC(=O)c1ccccc1F. The van der Waals surface area contributed by atoms with Gasteiger partial charge in [-0.05, 0) is 36.8 Å². The number of carbonyl (C=O) groups excluding carboxylic acids is 1. The van der Waals surface area contributed by atoms with Crippen LogP contribution in [0.2, 0.25) is 0 Å². The first-order chi connectivity index (χ1) is 10.9. The molecule has 0 saturated carbocycles. The number of thiocarbonyl (C=S) groups is 1. The molecule has 0 unspecified atom stereocenters. The van der Waals surface area contributed by atoms with E-state index in [1.807, 2.05) is 0 Å². The number of amides is 1. The monoisotopic (exact) mass is 333 g/mol. The number of hydrogen-bond donors (Lipinski definition) is 2. The van der Waals surface area contributed by atoms with Gasteiger partial charge in [0.05, 0.1) is 10.5 Å². The van der Waals surface area contributed by atoms with Crippen molar-refractivity contribution in [2.24, 2.45) is 0 Å². The lowest BCUT2D eigenvalue weighted by Crippen LogP contribution is -2.34. The number of benzene rings is 2. The van der Waals surface area contributed by atoms with Crippen molar-refractivity contribution in [2.75, 3.05) is 5.32 Å². The van der Waals surface area contributed by atoms with Crippen molar-refractivity contribution in [3.8, 4) is 0 Å². The summed E-state index contributed by atoms with van der Waals surface area (Å²) in [7, 11) is 0. The Kier molecular flexibility index (Phi) is 4.97. The van der Waals surface area contributed by atoms with Crippen LogP contribution < -0.4 is 10.6 Å². The zero-order valence-electron chi connectivity index (χ0n) is 12.0. The average molecular weight is 333 g/mol. The van der Waals surface area contributed by atoms with Gasteiger partial charge in [0.15, 0.2) is 5.11 Å². The van der Waals surface area contributed by atoms with E-state index < -0.39 is 16.6 Å². The summed E-state index contributed by atoms with van der Waals surface area (Å²) in [5.74, 6) is -1.37. The molecule has 0 aliphatic rings. The number of aryl methyl sites for hydroxylation is 1. The van der Waals surface area contributed by atoms with Crippen LogP contribution in [0.25, 0.3) is 0 Å². The third-order valence-electron chi connectivity index (χ3n) is 3.03. The van der Waals surface area contributed by atoms with Gasteiger partial charge in [0.2, 0.25) is 0 Å². The van der Waals surface area contributed by atoms with Crippen molar-refractivity contribution in [2.45, 2.75) is 6.92 Å². The van der Waals surface area contributed by atoms with Gasteiger partial charge in [0.1, 0.15) is 5.82 Å². The summed E-state index contributed by atoms with van der Waals surface area (Å²) in [6.45, 7) is 1.73. The lowest BCUT2D eigenvalue weighted by atomic mass is 10.2. The highest BCUT2D eigenvalue weighted by molar-refractivity contribution is 7.80. The third-order valence-corrected chi connectivity index (χ3v) is 3.23. The first-order valence-electron chi connectivity index (χ1n) is 6.50. The summed E-state index contributed by atoms with van der Waals surface area (Å²) in [6.07, 6.45) is 0. The zero-order valence-corrected chi connectivity index (χ0v) is 12.8. The van der Waals surface area contributed by atoms with Gasteiger partial charge in [0.25, 0.3) is 11.6 Å². The summed E-state index contributed by atoms with van der Waals surface area (Å²) in [4.78, 5) is 22.2. The topological polar surface area (TPSA) is 84.3 Å². The van der Waals surface area contributed by atoms with Crippen molar-refractivity contribution < 1.29 is 14.1 Å². The quantitative estimate of drug-likeness (QED) is 0.512. The Morgan fingerprint density at radius 1 is 1.26 bits per heavy atom. The van der Waals surface area contributed by atoms with Gasteiger partial charge >= 0.3 is 0 Å². The molecule has 0 fully saturated rings. The summed E-state index contributed by atoms with van der Waals surface area (Å²) >= 11 is 4.99. The molecule has 0 heterocycles. The summed E-state index contributed by atoms with van der Waals surface area (Å²) < 4.78 is 13.5. The maximum Gasteiger partial charge on any atom is 0.271 e.